The van der Waals surface area contributed by atoms with Gasteiger partial charge < -0.3 is 14.5 Å². The largest absolute Gasteiger partial charge is 0.421 e. The molecule has 1 atom stereocenters. The summed E-state index contributed by atoms with van der Waals surface area (Å²) in [6.07, 6.45) is 2.39. The zero-order valence-corrected chi connectivity index (χ0v) is 8.49. The van der Waals surface area contributed by atoms with Crippen LogP contribution >= 0.6 is 0 Å². The van der Waals surface area contributed by atoms with E-state index in [1.807, 2.05) is 6.92 Å². The molecule has 1 heterocycles. The molecule has 0 aromatic carbocycles. The SMILES string of the molecule is COC(C)c1nnc(CNC2CC2)o1. The molecule has 78 valence electrons. The van der Waals surface area contributed by atoms with Crippen molar-refractivity contribution in [3.05, 3.63) is 11.8 Å². The maximum Gasteiger partial charge on any atom is 0.244 e. The van der Waals surface area contributed by atoms with Crippen LogP contribution < -0.4 is 5.32 Å². The molecule has 1 saturated carbocycles. The summed E-state index contributed by atoms with van der Waals surface area (Å²) in [5, 5.41) is 11.1. The van der Waals surface area contributed by atoms with Crippen molar-refractivity contribution in [2.45, 2.75) is 38.5 Å². The molecular formula is C9H15N3O2. The smallest absolute Gasteiger partial charge is 0.244 e. The van der Waals surface area contributed by atoms with Gasteiger partial charge in [0.15, 0.2) is 0 Å². The second kappa shape index (κ2) is 4.06. The lowest BCUT2D eigenvalue weighted by Gasteiger charge is -2.01. The predicted molar refractivity (Wildman–Crippen MR) is 49.6 cm³/mol. The first kappa shape index (κ1) is 9.61. The third-order valence-corrected chi connectivity index (χ3v) is 2.30. The zero-order valence-electron chi connectivity index (χ0n) is 8.49. The number of hydrogen-bond acceptors (Lipinski definition) is 5. The maximum atomic E-state index is 5.40. The Bertz CT molecular complexity index is 296. The highest BCUT2D eigenvalue weighted by Gasteiger charge is 2.21. The third-order valence-electron chi connectivity index (χ3n) is 2.30. The van der Waals surface area contributed by atoms with Crippen LogP contribution in [0.3, 0.4) is 0 Å². The molecule has 1 aliphatic rings. The second-order valence-electron chi connectivity index (χ2n) is 3.57. The minimum Gasteiger partial charge on any atom is -0.421 e. The lowest BCUT2D eigenvalue weighted by molar-refractivity contribution is 0.0934. The van der Waals surface area contributed by atoms with Crippen LogP contribution in [0.4, 0.5) is 0 Å². The third kappa shape index (κ3) is 2.30. The van der Waals surface area contributed by atoms with Crippen molar-refractivity contribution in [3.8, 4) is 0 Å². The van der Waals surface area contributed by atoms with Crippen molar-refractivity contribution >= 4 is 0 Å². The molecule has 5 heteroatoms. The van der Waals surface area contributed by atoms with Crippen LogP contribution in [0.25, 0.3) is 0 Å². The summed E-state index contributed by atoms with van der Waals surface area (Å²) < 4.78 is 10.5. The van der Waals surface area contributed by atoms with Gasteiger partial charge in [0, 0.05) is 13.2 Å². The number of rotatable bonds is 5. The highest BCUT2D eigenvalue weighted by atomic mass is 16.5. The normalized spacial score (nSPS) is 18.4. The van der Waals surface area contributed by atoms with E-state index in [-0.39, 0.29) is 6.10 Å². The Balaban J connectivity index is 1.87. The van der Waals surface area contributed by atoms with Crippen LogP contribution in [-0.4, -0.2) is 23.3 Å². The van der Waals surface area contributed by atoms with Gasteiger partial charge in [0.1, 0.15) is 6.10 Å². The summed E-state index contributed by atoms with van der Waals surface area (Å²) in [4.78, 5) is 0. The fourth-order valence-electron chi connectivity index (χ4n) is 1.12. The van der Waals surface area contributed by atoms with Gasteiger partial charge in [0.25, 0.3) is 0 Å². The van der Waals surface area contributed by atoms with Gasteiger partial charge in [0.2, 0.25) is 11.8 Å². The average molecular weight is 197 g/mol. The van der Waals surface area contributed by atoms with Gasteiger partial charge in [-0.2, -0.15) is 0 Å². The van der Waals surface area contributed by atoms with Crippen LogP contribution in [0.1, 0.15) is 37.7 Å². The van der Waals surface area contributed by atoms with Gasteiger partial charge in [0.05, 0.1) is 6.54 Å². The van der Waals surface area contributed by atoms with E-state index >= 15 is 0 Å². The molecule has 0 amide bonds. The molecule has 1 aromatic rings. The first-order chi connectivity index (χ1) is 6.79. The number of aromatic nitrogens is 2. The van der Waals surface area contributed by atoms with Crippen molar-refractivity contribution in [1.29, 1.82) is 0 Å². The highest BCUT2D eigenvalue weighted by molar-refractivity contribution is 4.87. The van der Waals surface area contributed by atoms with Crippen LogP contribution in [0.2, 0.25) is 0 Å². The van der Waals surface area contributed by atoms with Crippen molar-refractivity contribution < 1.29 is 9.15 Å². The fourth-order valence-corrected chi connectivity index (χ4v) is 1.12. The molecule has 0 aliphatic heterocycles. The lowest BCUT2D eigenvalue weighted by Crippen LogP contribution is -2.15. The van der Waals surface area contributed by atoms with Gasteiger partial charge >= 0.3 is 0 Å². The number of nitrogens with one attached hydrogen (secondary N) is 1. The van der Waals surface area contributed by atoms with E-state index in [0.717, 1.165) is 0 Å². The number of ether oxygens (including phenoxy) is 1. The van der Waals surface area contributed by atoms with Gasteiger partial charge in [-0.15, -0.1) is 10.2 Å². The Morgan fingerprint density at radius 2 is 2.36 bits per heavy atom. The van der Waals surface area contributed by atoms with E-state index in [1.165, 1.54) is 12.8 Å². The Hall–Kier alpha value is -0.940. The Morgan fingerprint density at radius 3 is 3.00 bits per heavy atom. The minimum atomic E-state index is -0.128. The Labute approximate surface area is 82.8 Å². The van der Waals surface area contributed by atoms with Crippen molar-refractivity contribution in [3.63, 3.8) is 0 Å². The number of hydrogen-bond donors (Lipinski definition) is 1. The highest BCUT2D eigenvalue weighted by Crippen LogP contribution is 2.19. The van der Waals surface area contributed by atoms with Crippen molar-refractivity contribution in [1.82, 2.24) is 15.5 Å². The van der Waals surface area contributed by atoms with Gasteiger partial charge in [-0.05, 0) is 19.8 Å². The van der Waals surface area contributed by atoms with Crippen LogP contribution in [0.15, 0.2) is 4.42 Å². The molecule has 5 nitrogen and oxygen atoms in total. The molecule has 0 bridgehead atoms. The monoisotopic (exact) mass is 197 g/mol. The first-order valence-electron chi connectivity index (χ1n) is 4.88. The summed E-state index contributed by atoms with van der Waals surface area (Å²) in [6, 6.07) is 0.658. The molecule has 1 unspecified atom stereocenters. The molecule has 1 N–H and O–H groups in total. The average Bonchev–Trinajstić information content (AvgIpc) is 2.92. The van der Waals surface area contributed by atoms with E-state index in [4.69, 9.17) is 9.15 Å². The van der Waals surface area contributed by atoms with Crippen LogP contribution in [0, 0.1) is 0 Å². The van der Waals surface area contributed by atoms with E-state index in [0.29, 0.717) is 24.4 Å². The summed E-state index contributed by atoms with van der Waals surface area (Å²) in [6.45, 7) is 2.54. The summed E-state index contributed by atoms with van der Waals surface area (Å²) in [5.41, 5.74) is 0. The Kier molecular flexibility index (Phi) is 2.79. The predicted octanol–water partition coefficient (Wildman–Crippen LogP) is 1.03. The van der Waals surface area contributed by atoms with Crippen molar-refractivity contribution in [2.24, 2.45) is 0 Å². The van der Waals surface area contributed by atoms with E-state index in [1.54, 1.807) is 7.11 Å². The van der Waals surface area contributed by atoms with Gasteiger partial charge in [-0.25, -0.2) is 0 Å². The summed E-state index contributed by atoms with van der Waals surface area (Å²) >= 11 is 0. The summed E-state index contributed by atoms with van der Waals surface area (Å²) in [5.74, 6) is 1.18. The van der Waals surface area contributed by atoms with E-state index in [2.05, 4.69) is 15.5 Å². The second-order valence-corrected chi connectivity index (χ2v) is 3.57. The standard InChI is InChI=1S/C9H15N3O2/c1-6(13-2)9-12-11-8(14-9)5-10-7-3-4-7/h6-7,10H,3-5H2,1-2H3. The molecule has 1 aromatic heterocycles. The lowest BCUT2D eigenvalue weighted by atomic mass is 10.4. The molecule has 0 radical (unpaired) electrons. The van der Waals surface area contributed by atoms with E-state index < -0.39 is 0 Å². The minimum absolute atomic E-state index is 0.128. The molecule has 0 saturated heterocycles. The number of nitrogens with zero attached hydrogens (tertiary/aromatic N) is 2. The molecule has 2 rings (SSSR count). The fraction of sp³-hybridized carbons (Fsp3) is 0.778. The quantitative estimate of drug-likeness (QED) is 0.763. The molecule has 0 spiro atoms. The van der Waals surface area contributed by atoms with Gasteiger partial charge in [-0.1, -0.05) is 0 Å². The molecule has 1 fully saturated rings. The summed E-state index contributed by atoms with van der Waals surface area (Å²) in [7, 11) is 1.62. The van der Waals surface area contributed by atoms with Crippen LogP contribution in [-0.2, 0) is 11.3 Å². The van der Waals surface area contributed by atoms with E-state index in [9.17, 15) is 0 Å². The van der Waals surface area contributed by atoms with Crippen molar-refractivity contribution in [2.75, 3.05) is 7.11 Å². The molecule has 14 heavy (non-hydrogen) atoms. The first-order valence-corrected chi connectivity index (χ1v) is 4.88. The molecular weight excluding hydrogens is 182 g/mol. The van der Waals surface area contributed by atoms with Crippen LogP contribution in [0.5, 0.6) is 0 Å². The number of methoxy groups -OCH3 is 1. The molecule has 1 aliphatic carbocycles. The topological polar surface area (TPSA) is 60.2 Å². The maximum absolute atomic E-state index is 5.40. The zero-order chi connectivity index (χ0) is 9.97. The Morgan fingerprint density at radius 1 is 1.57 bits per heavy atom. The van der Waals surface area contributed by atoms with Gasteiger partial charge in [-0.3, -0.25) is 0 Å².